The minimum absolute atomic E-state index is 0.0534. The maximum Gasteiger partial charge on any atom is 0.407 e. The Bertz CT molecular complexity index is 266. The lowest BCUT2D eigenvalue weighted by Gasteiger charge is -2.32. The Morgan fingerprint density at radius 2 is 2.00 bits per heavy atom. The van der Waals surface area contributed by atoms with Gasteiger partial charge in [-0.05, 0) is 34.7 Å². The average molecular weight is 275 g/mol. The largest absolute Gasteiger partial charge is 0.444 e. The van der Waals surface area contributed by atoms with E-state index in [2.05, 4.69) is 17.1 Å². The first-order valence-corrected chi connectivity index (χ1v) is 6.59. The van der Waals surface area contributed by atoms with Crippen molar-refractivity contribution in [3.8, 4) is 0 Å². The summed E-state index contributed by atoms with van der Waals surface area (Å²) in [4.78, 5) is 13.7. The highest BCUT2D eigenvalue weighted by Gasteiger charge is 2.21. The summed E-state index contributed by atoms with van der Waals surface area (Å²) in [6.07, 6.45) is -0.418. The van der Waals surface area contributed by atoms with E-state index in [0.717, 1.165) is 0 Å². The van der Waals surface area contributed by atoms with Crippen LogP contribution in [0.2, 0.25) is 0 Å². The highest BCUT2D eigenvalue weighted by molar-refractivity contribution is 5.67. The Morgan fingerprint density at radius 1 is 1.42 bits per heavy atom. The van der Waals surface area contributed by atoms with Crippen molar-refractivity contribution in [2.75, 3.05) is 33.9 Å². The van der Waals surface area contributed by atoms with Crippen molar-refractivity contribution < 1.29 is 14.3 Å². The first kappa shape index (κ1) is 18.1. The van der Waals surface area contributed by atoms with Crippen LogP contribution in [-0.2, 0) is 9.47 Å². The smallest absolute Gasteiger partial charge is 0.407 e. The van der Waals surface area contributed by atoms with Crippen LogP contribution in [0.1, 0.15) is 27.7 Å². The number of nitrogens with two attached hydrogens (primary N) is 1. The second kappa shape index (κ2) is 8.35. The van der Waals surface area contributed by atoms with Crippen LogP contribution in [0.15, 0.2) is 0 Å². The lowest BCUT2D eigenvalue weighted by Crippen LogP contribution is -2.51. The molecule has 0 saturated carbocycles. The molecular formula is C13H29N3O3. The summed E-state index contributed by atoms with van der Waals surface area (Å²) in [5, 5.41) is 2.74. The number of ether oxygens (including phenoxy) is 2. The van der Waals surface area contributed by atoms with E-state index >= 15 is 0 Å². The summed E-state index contributed by atoms with van der Waals surface area (Å²) in [7, 11) is 3.64. The molecule has 0 bridgehead atoms. The van der Waals surface area contributed by atoms with E-state index in [4.69, 9.17) is 15.2 Å². The molecule has 2 unspecified atom stereocenters. The maximum absolute atomic E-state index is 11.6. The Balaban J connectivity index is 4.23. The van der Waals surface area contributed by atoms with Gasteiger partial charge in [-0.3, -0.25) is 4.90 Å². The molecule has 0 aromatic rings. The van der Waals surface area contributed by atoms with Gasteiger partial charge < -0.3 is 20.5 Å². The van der Waals surface area contributed by atoms with Crippen LogP contribution in [0.3, 0.4) is 0 Å². The highest BCUT2D eigenvalue weighted by atomic mass is 16.6. The van der Waals surface area contributed by atoms with E-state index in [-0.39, 0.29) is 12.1 Å². The number of alkyl carbamates (subject to hydrolysis) is 1. The zero-order chi connectivity index (χ0) is 15.1. The Hall–Kier alpha value is -0.850. The van der Waals surface area contributed by atoms with Gasteiger partial charge in [0.05, 0.1) is 6.61 Å². The predicted molar refractivity (Wildman–Crippen MR) is 76.2 cm³/mol. The number of nitrogens with zero attached hydrogens (tertiary/aromatic N) is 1. The third-order valence-electron chi connectivity index (χ3n) is 2.83. The molecule has 1 amide bonds. The first-order chi connectivity index (χ1) is 8.71. The van der Waals surface area contributed by atoms with Crippen LogP contribution >= 0.6 is 0 Å². The summed E-state index contributed by atoms with van der Waals surface area (Å²) in [5.41, 5.74) is 5.26. The standard InChI is InChI=1S/C13H29N3O3/c1-10(9-18-6)16(5)11(7-14)8-15-12(17)19-13(2,3)4/h10-11H,7-9,14H2,1-6H3,(H,15,17). The van der Waals surface area contributed by atoms with Crippen molar-refractivity contribution >= 4 is 6.09 Å². The van der Waals surface area contributed by atoms with Crippen molar-refractivity contribution in [1.82, 2.24) is 10.2 Å². The Labute approximate surface area is 116 Å². The number of rotatable bonds is 7. The predicted octanol–water partition coefficient (Wildman–Crippen LogP) is 0.805. The van der Waals surface area contributed by atoms with E-state index in [0.29, 0.717) is 19.7 Å². The molecule has 6 nitrogen and oxygen atoms in total. The van der Waals surface area contributed by atoms with Gasteiger partial charge in [-0.1, -0.05) is 0 Å². The van der Waals surface area contributed by atoms with Gasteiger partial charge in [-0.25, -0.2) is 4.79 Å². The van der Waals surface area contributed by atoms with Crippen LogP contribution in [0.25, 0.3) is 0 Å². The molecule has 0 aromatic carbocycles. The van der Waals surface area contributed by atoms with Crippen molar-refractivity contribution in [3.05, 3.63) is 0 Å². The summed E-state index contributed by atoms with van der Waals surface area (Å²) in [6.45, 7) is 9.09. The van der Waals surface area contributed by atoms with Gasteiger partial charge in [-0.15, -0.1) is 0 Å². The maximum atomic E-state index is 11.6. The Morgan fingerprint density at radius 3 is 2.42 bits per heavy atom. The number of amides is 1. The Kier molecular flexibility index (Phi) is 7.97. The van der Waals surface area contributed by atoms with Gasteiger partial charge in [0, 0.05) is 32.3 Å². The molecule has 6 heteroatoms. The fourth-order valence-corrected chi connectivity index (χ4v) is 1.63. The molecule has 0 rings (SSSR count). The lowest BCUT2D eigenvalue weighted by molar-refractivity contribution is 0.0489. The van der Waals surface area contributed by atoms with E-state index in [1.165, 1.54) is 0 Å². The van der Waals surface area contributed by atoms with Gasteiger partial charge in [0.2, 0.25) is 0 Å². The van der Waals surface area contributed by atoms with Gasteiger partial charge in [0.15, 0.2) is 0 Å². The van der Waals surface area contributed by atoms with Crippen LogP contribution in [-0.4, -0.2) is 62.5 Å². The molecule has 0 fully saturated rings. The number of nitrogens with one attached hydrogen (secondary N) is 1. The van der Waals surface area contributed by atoms with Crippen LogP contribution in [0, 0.1) is 0 Å². The minimum Gasteiger partial charge on any atom is -0.444 e. The quantitative estimate of drug-likeness (QED) is 0.719. The third-order valence-corrected chi connectivity index (χ3v) is 2.83. The molecule has 19 heavy (non-hydrogen) atoms. The minimum atomic E-state index is -0.489. The van der Waals surface area contributed by atoms with Crippen molar-refractivity contribution in [2.24, 2.45) is 5.73 Å². The number of hydrogen-bond acceptors (Lipinski definition) is 5. The van der Waals surface area contributed by atoms with E-state index in [1.807, 2.05) is 27.8 Å². The third kappa shape index (κ3) is 8.02. The van der Waals surface area contributed by atoms with Gasteiger partial charge in [-0.2, -0.15) is 0 Å². The number of carbonyl (C=O) groups is 1. The molecule has 0 radical (unpaired) electrons. The van der Waals surface area contributed by atoms with E-state index < -0.39 is 11.7 Å². The fourth-order valence-electron chi connectivity index (χ4n) is 1.63. The van der Waals surface area contributed by atoms with Crippen LogP contribution in [0.4, 0.5) is 4.79 Å². The zero-order valence-electron chi connectivity index (χ0n) is 13.0. The zero-order valence-corrected chi connectivity index (χ0v) is 13.0. The van der Waals surface area contributed by atoms with Crippen molar-refractivity contribution in [3.63, 3.8) is 0 Å². The van der Waals surface area contributed by atoms with Gasteiger partial charge in [0.1, 0.15) is 5.60 Å². The van der Waals surface area contributed by atoms with Crippen LogP contribution < -0.4 is 11.1 Å². The molecule has 0 aliphatic rings. The molecule has 0 aromatic heterocycles. The first-order valence-electron chi connectivity index (χ1n) is 6.59. The molecule has 0 aliphatic heterocycles. The highest BCUT2D eigenvalue weighted by Crippen LogP contribution is 2.07. The second-order valence-corrected chi connectivity index (χ2v) is 5.74. The van der Waals surface area contributed by atoms with Crippen molar-refractivity contribution in [2.45, 2.75) is 45.4 Å². The molecule has 0 aliphatic carbocycles. The topological polar surface area (TPSA) is 76.8 Å². The normalized spacial score (nSPS) is 15.2. The number of methoxy groups -OCH3 is 1. The summed E-state index contributed by atoms with van der Waals surface area (Å²) < 4.78 is 10.3. The second-order valence-electron chi connectivity index (χ2n) is 5.74. The lowest BCUT2D eigenvalue weighted by atomic mass is 10.2. The van der Waals surface area contributed by atoms with Gasteiger partial charge >= 0.3 is 6.09 Å². The number of carbonyl (C=O) groups excluding carboxylic acids is 1. The summed E-state index contributed by atoms with van der Waals surface area (Å²) in [6, 6.07) is 0.289. The molecule has 0 saturated heterocycles. The molecule has 0 spiro atoms. The summed E-state index contributed by atoms with van der Waals surface area (Å²) in [5.74, 6) is 0. The molecule has 3 N–H and O–H groups in total. The fraction of sp³-hybridized carbons (Fsp3) is 0.923. The SMILES string of the molecule is COCC(C)N(C)C(CN)CNC(=O)OC(C)(C)C. The van der Waals surface area contributed by atoms with E-state index in [9.17, 15) is 4.79 Å². The number of hydrogen-bond donors (Lipinski definition) is 2. The molecule has 2 atom stereocenters. The molecule has 0 heterocycles. The summed E-state index contributed by atoms with van der Waals surface area (Å²) >= 11 is 0. The molecular weight excluding hydrogens is 246 g/mol. The van der Waals surface area contributed by atoms with Crippen LogP contribution in [0.5, 0.6) is 0 Å². The average Bonchev–Trinajstić information content (AvgIpc) is 2.27. The van der Waals surface area contributed by atoms with Gasteiger partial charge in [0.25, 0.3) is 0 Å². The monoisotopic (exact) mass is 275 g/mol. The van der Waals surface area contributed by atoms with Crippen molar-refractivity contribution in [1.29, 1.82) is 0 Å². The number of likely N-dealkylation sites (N-methyl/N-ethyl adjacent to an activating group) is 1. The van der Waals surface area contributed by atoms with E-state index in [1.54, 1.807) is 7.11 Å². The molecule has 114 valence electrons.